The maximum absolute atomic E-state index is 13.7. The molecule has 5 aromatic rings. The number of nitrogens with zero attached hydrogens (tertiary/aromatic N) is 8. The van der Waals surface area contributed by atoms with Crippen molar-refractivity contribution in [2.75, 3.05) is 5.32 Å². The second-order valence-corrected chi connectivity index (χ2v) is 7.16. The van der Waals surface area contributed by atoms with Crippen molar-refractivity contribution in [1.82, 2.24) is 39.3 Å². The average Bonchev–Trinajstić information content (AvgIpc) is 3.28. The largest absolute Gasteiger partial charge is 0.418 e. The summed E-state index contributed by atoms with van der Waals surface area (Å²) in [5.41, 5.74) is -0.670. The van der Waals surface area contributed by atoms with E-state index in [1.807, 2.05) is 0 Å². The molecule has 4 aromatic heterocycles. The molecule has 13 heteroatoms. The molecule has 1 aromatic carbocycles. The van der Waals surface area contributed by atoms with Crippen LogP contribution in [0.5, 0.6) is 0 Å². The molecule has 0 radical (unpaired) electrons. The molecule has 10 nitrogen and oxygen atoms in total. The number of nitrogens with one attached hydrogen (secondary N) is 1. The van der Waals surface area contributed by atoms with Crippen LogP contribution >= 0.6 is 0 Å². The van der Waals surface area contributed by atoms with Gasteiger partial charge in [-0.1, -0.05) is 6.07 Å². The number of fused-ring (bicyclic) bond motifs is 3. The van der Waals surface area contributed by atoms with Crippen LogP contribution in [-0.4, -0.2) is 39.3 Å². The monoisotopic (exact) mass is 453 g/mol. The first-order chi connectivity index (χ1) is 15.7. The van der Waals surface area contributed by atoms with Gasteiger partial charge in [-0.15, -0.1) is 5.10 Å². The second kappa shape index (κ2) is 7.32. The molecule has 1 N–H and O–H groups in total. The van der Waals surface area contributed by atoms with Crippen LogP contribution in [0.15, 0.2) is 47.8 Å². The molecular weight excluding hydrogens is 439 g/mol. The predicted octanol–water partition coefficient (Wildman–Crippen LogP) is 2.90. The molecule has 0 bridgehead atoms. The summed E-state index contributed by atoms with van der Waals surface area (Å²) in [5, 5.41) is 11.6. The Hall–Kier alpha value is -4.42. The number of anilines is 2. The summed E-state index contributed by atoms with van der Waals surface area (Å²) >= 11 is 0. The highest BCUT2D eigenvalue weighted by Gasteiger charge is 2.34. The normalized spacial score (nSPS) is 11.9. The van der Waals surface area contributed by atoms with E-state index in [9.17, 15) is 18.0 Å². The average molecular weight is 453 g/mol. The lowest BCUT2D eigenvalue weighted by molar-refractivity contribution is -0.136. The van der Waals surface area contributed by atoms with Crippen LogP contribution in [-0.2, 0) is 13.2 Å². The number of alkyl halides is 3. The first-order valence-corrected chi connectivity index (χ1v) is 9.57. The molecular formula is C20H14F3N9O. The smallest absolute Gasteiger partial charge is 0.318 e. The molecule has 0 unspecified atom stereocenters. The van der Waals surface area contributed by atoms with Crippen molar-refractivity contribution in [3.05, 3.63) is 64.6 Å². The lowest BCUT2D eigenvalue weighted by Crippen LogP contribution is -2.13. The van der Waals surface area contributed by atoms with Crippen molar-refractivity contribution in [3.8, 4) is 11.4 Å². The Balaban J connectivity index is 1.84. The van der Waals surface area contributed by atoms with Gasteiger partial charge in [0.25, 0.3) is 5.56 Å². The number of hydrogen-bond acceptors (Lipinski definition) is 8. The Bertz CT molecular complexity index is 1590. The number of aryl methyl sites for hydroxylation is 2. The molecule has 5 rings (SSSR count). The van der Waals surface area contributed by atoms with Gasteiger partial charge >= 0.3 is 6.18 Å². The standard InChI is InChI=1S/C20H14F3N9O/c1-10-12(9-31(2)29-10)16-28-17-11-4-3-5-13(20(21,22)23)15(11)27-19(32(17)30-16)26-14-8-24-6-7-25-18(14)33/h3-9H,1-2H3,(H,25,26,27,33). The molecule has 4 heterocycles. The SMILES string of the molecule is Cc1nn(C)cc1-c1nc2c3cccc(C(F)(F)F)c3nc(Nc3cnccnc3=O)n2n1. The van der Waals surface area contributed by atoms with Crippen molar-refractivity contribution in [2.24, 2.45) is 7.05 Å². The summed E-state index contributed by atoms with van der Waals surface area (Å²) in [6, 6.07) is 3.70. The summed E-state index contributed by atoms with van der Waals surface area (Å²) in [4.78, 5) is 28.4. The first-order valence-electron chi connectivity index (χ1n) is 9.57. The minimum absolute atomic E-state index is 0.0905. The van der Waals surface area contributed by atoms with E-state index in [2.05, 4.69) is 35.5 Å². The molecule has 0 saturated carbocycles. The molecule has 0 amide bonds. The van der Waals surface area contributed by atoms with E-state index in [1.54, 1.807) is 24.9 Å². The number of rotatable bonds is 3. The van der Waals surface area contributed by atoms with Crippen LogP contribution in [0.4, 0.5) is 24.8 Å². The predicted molar refractivity (Wildman–Crippen MR) is 112 cm³/mol. The third-order valence-corrected chi connectivity index (χ3v) is 4.89. The quantitative estimate of drug-likeness (QED) is 0.443. The van der Waals surface area contributed by atoms with Gasteiger partial charge in [0.05, 0.1) is 28.5 Å². The zero-order valence-corrected chi connectivity index (χ0v) is 17.2. The van der Waals surface area contributed by atoms with Gasteiger partial charge in [0.15, 0.2) is 11.5 Å². The molecule has 0 saturated heterocycles. The second-order valence-electron chi connectivity index (χ2n) is 7.16. The number of halogens is 3. The molecule has 0 aliphatic carbocycles. The van der Waals surface area contributed by atoms with Crippen LogP contribution in [0, 0.1) is 6.92 Å². The Labute approximate surface area is 182 Å². The van der Waals surface area contributed by atoms with Gasteiger partial charge in [-0.05, 0) is 19.1 Å². The van der Waals surface area contributed by atoms with Crippen molar-refractivity contribution < 1.29 is 13.2 Å². The Morgan fingerprint density at radius 1 is 1.09 bits per heavy atom. The summed E-state index contributed by atoms with van der Waals surface area (Å²) in [7, 11) is 1.73. The maximum Gasteiger partial charge on any atom is 0.418 e. The van der Waals surface area contributed by atoms with Gasteiger partial charge in [-0.2, -0.15) is 22.8 Å². The van der Waals surface area contributed by atoms with Crippen LogP contribution in [0.3, 0.4) is 0 Å². The fourth-order valence-electron chi connectivity index (χ4n) is 3.46. The zero-order valence-electron chi connectivity index (χ0n) is 17.2. The third kappa shape index (κ3) is 3.52. The number of hydrogen-bond donors (Lipinski definition) is 1. The summed E-state index contributed by atoms with van der Waals surface area (Å²) in [6.45, 7) is 1.77. The minimum atomic E-state index is -4.66. The summed E-state index contributed by atoms with van der Waals surface area (Å²) in [5.74, 6) is 0.0916. The van der Waals surface area contributed by atoms with E-state index in [0.717, 1.165) is 6.07 Å². The highest BCUT2D eigenvalue weighted by molar-refractivity contribution is 5.95. The van der Waals surface area contributed by atoms with E-state index in [-0.39, 0.29) is 34.0 Å². The molecule has 0 spiro atoms. The molecule has 0 fully saturated rings. The van der Waals surface area contributed by atoms with Crippen LogP contribution in [0.25, 0.3) is 27.9 Å². The topological polar surface area (TPSA) is 116 Å². The fourth-order valence-corrected chi connectivity index (χ4v) is 3.46. The van der Waals surface area contributed by atoms with Crippen molar-refractivity contribution >= 4 is 28.2 Å². The van der Waals surface area contributed by atoms with E-state index in [1.165, 1.54) is 35.2 Å². The molecule has 0 aliphatic rings. The summed E-state index contributed by atoms with van der Waals surface area (Å²) in [6.07, 6.45) is 0.755. The molecule has 166 valence electrons. The summed E-state index contributed by atoms with van der Waals surface area (Å²) < 4.78 is 44.0. The van der Waals surface area contributed by atoms with Crippen molar-refractivity contribution in [1.29, 1.82) is 0 Å². The van der Waals surface area contributed by atoms with Crippen LogP contribution in [0.1, 0.15) is 11.3 Å². The van der Waals surface area contributed by atoms with Crippen molar-refractivity contribution in [3.63, 3.8) is 0 Å². The van der Waals surface area contributed by atoms with E-state index < -0.39 is 17.3 Å². The van der Waals surface area contributed by atoms with Gasteiger partial charge in [-0.25, -0.2) is 15.0 Å². The van der Waals surface area contributed by atoms with Gasteiger partial charge in [-0.3, -0.25) is 14.5 Å². The minimum Gasteiger partial charge on any atom is -0.318 e. The van der Waals surface area contributed by atoms with Gasteiger partial charge in [0.1, 0.15) is 5.69 Å². The lowest BCUT2D eigenvalue weighted by Gasteiger charge is -2.12. The third-order valence-electron chi connectivity index (χ3n) is 4.89. The molecule has 0 aliphatic heterocycles. The van der Waals surface area contributed by atoms with E-state index in [4.69, 9.17) is 0 Å². The number of benzene rings is 1. The highest BCUT2D eigenvalue weighted by atomic mass is 19.4. The van der Waals surface area contributed by atoms with Gasteiger partial charge in [0, 0.05) is 31.0 Å². The van der Waals surface area contributed by atoms with Gasteiger partial charge < -0.3 is 5.32 Å². The number of aromatic nitrogens is 8. The van der Waals surface area contributed by atoms with E-state index in [0.29, 0.717) is 11.3 Å². The number of para-hydroxylation sites is 1. The van der Waals surface area contributed by atoms with Crippen molar-refractivity contribution in [2.45, 2.75) is 13.1 Å². The maximum atomic E-state index is 13.7. The Morgan fingerprint density at radius 3 is 2.64 bits per heavy atom. The zero-order chi connectivity index (χ0) is 23.3. The highest BCUT2D eigenvalue weighted by Crippen LogP contribution is 2.36. The molecule has 0 atom stereocenters. The lowest BCUT2D eigenvalue weighted by atomic mass is 10.1. The Morgan fingerprint density at radius 2 is 1.91 bits per heavy atom. The molecule has 33 heavy (non-hydrogen) atoms. The van der Waals surface area contributed by atoms with E-state index >= 15 is 0 Å². The Kier molecular flexibility index (Phi) is 4.55. The first kappa shape index (κ1) is 20.5. The van der Waals surface area contributed by atoms with Crippen LogP contribution < -0.4 is 10.9 Å². The van der Waals surface area contributed by atoms with Crippen LogP contribution in [0.2, 0.25) is 0 Å². The fraction of sp³-hybridized carbons (Fsp3) is 0.150. The van der Waals surface area contributed by atoms with Gasteiger partial charge in [0.2, 0.25) is 5.95 Å².